The van der Waals surface area contributed by atoms with Gasteiger partial charge in [-0.15, -0.1) is 0 Å². The minimum Gasteiger partial charge on any atom is -0.384 e. The van der Waals surface area contributed by atoms with Crippen molar-refractivity contribution < 1.29 is 4.74 Å². The third-order valence-electron chi connectivity index (χ3n) is 3.83. The standard InChI is InChI=1S/C12H20N4O/c1-15-5-2-10-11(8-15)14-16(12(10)13)9-3-6-17-7-4-9/h9H,2-8,13H2,1H3. The molecule has 3 rings (SSSR count). The number of hydrogen-bond acceptors (Lipinski definition) is 4. The van der Waals surface area contributed by atoms with Gasteiger partial charge >= 0.3 is 0 Å². The van der Waals surface area contributed by atoms with Gasteiger partial charge in [0.05, 0.1) is 11.7 Å². The molecule has 0 atom stereocenters. The Hall–Kier alpha value is -1.07. The quantitative estimate of drug-likeness (QED) is 0.784. The molecule has 0 unspecified atom stereocenters. The molecule has 1 fully saturated rings. The molecule has 2 aliphatic rings. The van der Waals surface area contributed by atoms with Crippen molar-refractivity contribution in [3.8, 4) is 0 Å². The largest absolute Gasteiger partial charge is 0.384 e. The molecule has 1 aromatic rings. The monoisotopic (exact) mass is 236 g/mol. The summed E-state index contributed by atoms with van der Waals surface area (Å²) in [5.41, 5.74) is 8.68. The van der Waals surface area contributed by atoms with E-state index in [4.69, 9.17) is 15.6 Å². The van der Waals surface area contributed by atoms with Crippen LogP contribution in [0.2, 0.25) is 0 Å². The lowest BCUT2D eigenvalue weighted by Crippen LogP contribution is -2.26. The smallest absolute Gasteiger partial charge is 0.125 e. The van der Waals surface area contributed by atoms with Crippen LogP contribution in [0.4, 0.5) is 5.82 Å². The maximum Gasteiger partial charge on any atom is 0.125 e. The van der Waals surface area contributed by atoms with Crippen molar-refractivity contribution in [3.05, 3.63) is 11.3 Å². The highest BCUT2D eigenvalue weighted by Gasteiger charge is 2.25. The Balaban J connectivity index is 1.90. The van der Waals surface area contributed by atoms with Gasteiger partial charge in [-0.25, -0.2) is 4.68 Å². The molecule has 0 amide bonds. The second-order valence-electron chi connectivity index (χ2n) is 5.09. The summed E-state index contributed by atoms with van der Waals surface area (Å²) in [7, 11) is 2.13. The van der Waals surface area contributed by atoms with E-state index in [1.807, 2.05) is 4.68 Å². The number of hydrogen-bond donors (Lipinski definition) is 1. The van der Waals surface area contributed by atoms with Crippen molar-refractivity contribution in [2.45, 2.75) is 31.8 Å². The SMILES string of the molecule is CN1CCc2c(nn(C3CCOCC3)c2N)C1. The summed E-state index contributed by atoms with van der Waals surface area (Å²) < 4.78 is 7.44. The molecular formula is C12H20N4O. The molecule has 2 aliphatic heterocycles. The van der Waals surface area contributed by atoms with Crippen LogP contribution in [0.25, 0.3) is 0 Å². The predicted molar refractivity (Wildman–Crippen MR) is 65.8 cm³/mol. The van der Waals surface area contributed by atoms with Crippen LogP contribution >= 0.6 is 0 Å². The topological polar surface area (TPSA) is 56.3 Å². The first kappa shape index (κ1) is 11.0. The van der Waals surface area contributed by atoms with Gasteiger partial charge in [-0.05, 0) is 26.3 Å². The molecule has 94 valence electrons. The molecule has 0 aromatic carbocycles. The Kier molecular flexibility index (Phi) is 2.80. The first-order valence-corrected chi connectivity index (χ1v) is 6.37. The fourth-order valence-electron chi connectivity index (χ4n) is 2.78. The Morgan fingerprint density at radius 1 is 1.35 bits per heavy atom. The molecule has 5 heteroatoms. The van der Waals surface area contributed by atoms with Crippen LogP contribution in [0, 0.1) is 0 Å². The van der Waals surface area contributed by atoms with Crippen molar-refractivity contribution in [2.75, 3.05) is 32.5 Å². The van der Waals surface area contributed by atoms with Crippen LogP contribution in [0.1, 0.15) is 30.1 Å². The van der Waals surface area contributed by atoms with Gasteiger partial charge < -0.3 is 15.4 Å². The van der Waals surface area contributed by atoms with E-state index in [0.29, 0.717) is 6.04 Å². The van der Waals surface area contributed by atoms with E-state index in [0.717, 1.165) is 51.4 Å². The average molecular weight is 236 g/mol. The number of ether oxygens (including phenoxy) is 1. The fraction of sp³-hybridized carbons (Fsp3) is 0.750. The van der Waals surface area contributed by atoms with Crippen LogP contribution in [0.5, 0.6) is 0 Å². The van der Waals surface area contributed by atoms with Crippen LogP contribution in [0.3, 0.4) is 0 Å². The highest BCUT2D eigenvalue weighted by molar-refractivity contribution is 5.45. The van der Waals surface area contributed by atoms with Crippen molar-refractivity contribution in [2.24, 2.45) is 0 Å². The highest BCUT2D eigenvalue weighted by Crippen LogP contribution is 2.29. The lowest BCUT2D eigenvalue weighted by atomic mass is 10.1. The molecule has 3 heterocycles. The molecule has 0 radical (unpaired) electrons. The van der Waals surface area contributed by atoms with Gasteiger partial charge in [0.1, 0.15) is 5.82 Å². The van der Waals surface area contributed by atoms with E-state index < -0.39 is 0 Å². The minimum absolute atomic E-state index is 0.430. The van der Waals surface area contributed by atoms with Crippen LogP contribution < -0.4 is 5.73 Å². The number of fused-ring (bicyclic) bond motifs is 1. The van der Waals surface area contributed by atoms with Crippen molar-refractivity contribution >= 4 is 5.82 Å². The zero-order valence-corrected chi connectivity index (χ0v) is 10.4. The highest BCUT2D eigenvalue weighted by atomic mass is 16.5. The average Bonchev–Trinajstić information content (AvgIpc) is 2.67. The zero-order chi connectivity index (χ0) is 11.8. The third kappa shape index (κ3) is 1.93. The number of nitrogen functional groups attached to an aromatic ring is 1. The summed E-state index contributed by atoms with van der Waals surface area (Å²) in [6, 6.07) is 0.430. The van der Waals surface area contributed by atoms with Crippen LogP contribution in [0.15, 0.2) is 0 Å². The zero-order valence-electron chi connectivity index (χ0n) is 10.4. The summed E-state index contributed by atoms with van der Waals surface area (Å²) >= 11 is 0. The molecular weight excluding hydrogens is 216 g/mol. The van der Waals surface area contributed by atoms with Gasteiger partial charge in [-0.3, -0.25) is 0 Å². The number of anilines is 1. The van der Waals surface area contributed by atoms with Crippen LogP contribution in [-0.4, -0.2) is 41.5 Å². The van der Waals surface area contributed by atoms with Gasteiger partial charge in [-0.1, -0.05) is 0 Å². The van der Waals surface area contributed by atoms with Gasteiger partial charge in [0.2, 0.25) is 0 Å². The summed E-state index contributed by atoms with van der Waals surface area (Å²) in [4.78, 5) is 2.29. The second-order valence-corrected chi connectivity index (χ2v) is 5.09. The second kappa shape index (κ2) is 4.31. The van der Waals surface area contributed by atoms with Crippen molar-refractivity contribution in [1.82, 2.24) is 14.7 Å². The van der Waals surface area contributed by atoms with Gasteiger partial charge in [0, 0.05) is 31.9 Å². The summed E-state index contributed by atoms with van der Waals surface area (Å²) in [5.74, 6) is 0.889. The summed E-state index contributed by atoms with van der Waals surface area (Å²) in [5, 5.41) is 4.72. The number of rotatable bonds is 1. The number of aromatic nitrogens is 2. The maximum atomic E-state index is 6.24. The maximum absolute atomic E-state index is 6.24. The van der Waals surface area contributed by atoms with Gasteiger partial charge in [0.25, 0.3) is 0 Å². The van der Waals surface area contributed by atoms with Gasteiger partial charge in [0.15, 0.2) is 0 Å². The Morgan fingerprint density at radius 3 is 2.88 bits per heavy atom. The van der Waals surface area contributed by atoms with Crippen molar-refractivity contribution in [3.63, 3.8) is 0 Å². The summed E-state index contributed by atoms with van der Waals surface area (Å²) in [6.45, 7) is 3.66. The molecule has 0 aliphatic carbocycles. The lowest BCUT2D eigenvalue weighted by molar-refractivity contribution is 0.0667. The third-order valence-corrected chi connectivity index (χ3v) is 3.83. The number of nitrogens with zero attached hydrogens (tertiary/aromatic N) is 3. The van der Waals surface area contributed by atoms with Crippen molar-refractivity contribution in [1.29, 1.82) is 0 Å². The molecule has 1 saturated heterocycles. The number of likely N-dealkylation sites (N-methyl/N-ethyl adjacent to an activating group) is 1. The van der Waals surface area contributed by atoms with E-state index >= 15 is 0 Å². The molecule has 2 N–H and O–H groups in total. The molecule has 0 bridgehead atoms. The van der Waals surface area contributed by atoms with E-state index in [2.05, 4.69) is 11.9 Å². The fourth-order valence-corrected chi connectivity index (χ4v) is 2.78. The Morgan fingerprint density at radius 2 is 2.12 bits per heavy atom. The van der Waals surface area contributed by atoms with E-state index in [9.17, 15) is 0 Å². The van der Waals surface area contributed by atoms with E-state index in [1.54, 1.807) is 0 Å². The summed E-state index contributed by atoms with van der Waals surface area (Å²) in [6.07, 6.45) is 3.09. The predicted octanol–water partition coefficient (Wildman–Crippen LogP) is 0.805. The van der Waals surface area contributed by atoms with E-state index in [1.165, 1.54) is 11.3 Å². The molecule has 5 nitrogen and oxygen atoms in total. The lowest BCUT2D eigenvalue weighted by Gasteiger charge is -2.23. The van der Waals surface area contributed by atoms with Crippen LogP contribution in [-0.2, 0) is 17.7 Å². The Bertz CT molecular complexity index is 409. The number of nitrogens with two attached hydrogens (primary N) is 1. The first-order chi connectivity index (χ1) is 8.25. The minimum atomic E-state index is 0.430. The molecule has 0 saturated carbocycles. The normalized spacial score (nSPS) is 22.6. The Labute approximate surface area is 102 Å². The molecule has 0 spiro atoms. The molecule has 17 heavy (non-hydrogen) atoms. The first-order valence-electron chi connectivity index (χ1n) is 6.37. The van der Waals surface area contributed by atoms with E-state index in [-0.39, 0.29) is 0 Å². The molecule has 1 aromatic heterocycles. The van der Waals surface area contributed by atoms with Gasteiger partial charge in [-0.2, -0.15) is 5.10 Å².